The van der Waals surface area contributed by atoms with Crippen LogP contribution < -0.4 is 5.32 Å². The number of benzene rings is 2. The minimum Gasteiger partial charge on any atom is -0.379 e. The highest BCUT2D eigenvalue weighted by Gasteiger charge is 2.35. The Morgan fingerprint density at radius 1 is 1.16 bits per heavy atom. The van der Waals surface area contributed by atoms with Gasteiger partial charge in [0.25, 0.3) is 0 Å². The Morgan fingerprint density at radius 2 is 1.92 bits per heavy atom. The van der Waals surface area contributed by atoms with Gasteiger partial charge in [0.05, 0.1) is 22.0 Å². The highest BCUT2D eigenvalue weighted by atomic mass is 35.5. The molecule has 0 unspecified atom stereocenters. The summed E-state index contributed by atoms with van der Waals surface area (Å²) in [6.45, 7) is 0. The predicted octanol–water partition coefficient (Wildman–Crippen LogP) is 6.14. The number of hydrogen-bond donors (Lipinski definition) is 1. The second-order valence-corrected chi connectivity index (χ2v) is 11.8. The summed E-state index contributed by atoms with van der Waals surface area (Å²) in [5.74, 6) is -1.57. The van der Waals surface area contributed by atoms with Crippen molar-refractivity contribution in [3.8, 4) is 0 Å². The summed E-state index contributed by atoms with van der Waals surface area (Å²) in [6, 6.07) is 8.64. The first kappa shape index (κ1) is 27.4. The molecule has 1 fully saturated rings. The molecular weight excluding hydrogens is 534 g/mol. The zero-order chi connectivity index (χ0) is 27.0. The smallest absolute Gasteiger partial charge is 0.379 e. The van der Waals surface area contributed by atoms with E-state index in [-0.39, 0.29) is 34.4 Å². The number of sulfone groups is 1. The van der Waals surface area contributed by atoms with Crippen molar-refractivity contribution in [2.24, 2.45) is 0 Å². The normalized spacial score (nSPS) is 20.8. The molecule has 0 aliphatic heterocycles. The number of nitrogens with zero attached hydrogens (tertiary/aromatic N) is 2. The monoisotopic (exact) mass is 559 g/mol. The van der Waals surface area contributed by atoms with E-state index in [1.165, 1.54) is 24.5 Å². The standard InChI is InChI=1S/C25H26ClF4N3O3S/c1-33(2)23-11-16(15-4-3-5-17(10-15)25(28,29)30)6-7-21(23)31-22-13-20(27)24(12-19(22)26)37(34,35)14-18-8-9-36-32-18/h3-5,8-10,12-13,16,21,23,31H,6-7,11,14H2,1-2H3/t16-,21-,23-/m0/s1. The van der Waals surface area contributed by atoms with Gasteiger partial charge in [-0.3, -0.25) is 0 Å². The maximum atomic E-state index is 15.0. The lowest BCUT2D eigenvalue weighted by Crippen LogP contribution is -2.47. The van der Waals surface area contributed by atoms with Crippen molar-refractivity contribution in [3.05, 3.63) is 76.4 Å². The highest BCUT2D eigenvalue weighted by molar-refractivity contribution is 7.90. The highest BCUT2D eigenvalue weighted by Crippen LogP contribution is 2.39. The largest absolute Gasteiger partial charge is 0.416 e. The number of alkyl halides is 3. The molecule has 1 aromatic heterocycles. The van der Waals surface area contributed by atoms with Crippen LogP contribution >= 0.6 is 11.6 Å². The Bertz CT molecular complexity index is 1350. The van der Waals surface area contributed by atoms with Gasteiger partial charge >= 0.3 is 6.18 Å². The fourth-order valence-corrected chi connectivity index (χ4v) is 6.45. The van der Waals surface area contributed by atoms with E-state index in [9.17, 15) is 26.0 Å². The van der Waals surface area contributed by atoms with Gasteiger partial charge in [-0.2, -0.15) is 13.2 Å². The quantitative estimate of drug-likeness (QED) is 0.351. The number of likely N-dealkylation sites (N-methyl/N-ethyl adjacent to an activating group) is 1. The van der Waals surface area contributed by atoms with Crippen LogP contribution in [0.3, 0.4) is 0 Å². The predicted molar refractivity (Wildman–Crippen MR) is 132 cm³/mol. The molecule has 0 spiro atoms. The van der Waals surface area contributed by atoms with Gasteiger partial charge in [0.1, 0.15) is 22.7 Å². The zero-order valence-corrected chi connectivity index (χ0v) is 21.7. The van der Waals surface area contributed by atoms with E-state index < -0.39 is 38.0 Å². The van der Waals surface area contributed by atoms with Crippen LogP contribution in [0.5, 0.6) is 0 Å². The number of halogens is 5. The first-order valence-electron chi connectivity index (χ1n) is 11.6. The summed E-state index contributed by atoms with van der Waals surface area (Å²) < 4.78 is 84.6. The molecule has 1 aliphatic carbocycles. The number of aromatic nitrogens is 1. The van der Waals surface area contributed by atoms with E-state index in [2.05, 4.69) is 15.0 Å². The van der Waals surface area contributed by atoms with E-state index >= 15 is 0 Å². The molecular formula is C25H26ClF4N3O3S. The SMILES string of the molecule is CN(C)[C@H]1C[C@@H](c2cccc(C(F)(F)F)c2)CC[C@@H]1Nc1cc(F)c(S(=O)(=O)Cc2ccon2)cc1Cl. The van der Waals surface area contributed by atoms with Crippen LogP contribution in [-0.4, -0.2) is 44.7 Å². The summed E-state index contributed by atoms with van der Waals surface area (Å²) in [4.78, 5) is 1.43. The van der Waals surface area contributed by atoms with Gasteiger partial charge < -0.3 is 14.7 Å². The van der Waals surface area contributed by atoms with Crippen molar-refractivity contribution in [2.75, 3.05) is 19.4 Å². The third kappa shape index (κ3) is 6.27. The minimum absolute atomic E-state index is 0.0395. The van der Waals surface area contributed by atoms with Gasteiger partial charge in [0, 0.05) is 18.2 Å². The van der Waals surface area contributed by atoms with Gasteiger partial charge in [-0.15, -0.1) is 0 Å². The van der Waals surface area contributed by atoms with Crippen LogP contribution in [0.15, 0.2) is 58.1 Å². The molecule has 0 saturated heterocycles. The van der Waals surface area contributed by atoms with Crippen LogP contribution in [0, 0.1) is 5.82 Å². The maximum absolute atomic E-state index is 15.0. The van der Waals surface area contributed by atoms with E-state index in [1.807, 2.05) is 19.0 Å². The average molecular weight is 560 g/mol. The fourth-order valence-electron chi connectivity index (χ4n) is 4.82. The summed E-state index contributed by atoms with van der Waals surface area (Å²) >= 11 is 6.37. The molecule has 2 aromatic carbocycles. The van der Waals surface area contributed by atoms with Crippen molar-refractivity contribution in [2.45, 2.75) is 54.1 Å². The summed E-state index contributed by atoms with van der Waals surface area (Å²) in [5, 5.41) is 6.84. The van der Waals surface area contributed by atoms with E-state index in [4.69, 9.17) is 11.6 Å². The van der Waals surface area contributed by atoms with E-state index in [0.717, 1.165) is 18.2 Å². The molecule has 1 N–H and O–H groups in total. The van der Waals surface area contributed by atoms with Gasteiger partial charge in [0.15, 0.2) is 9.84 Å². The molecule has 1 heterocycles. The average Bonchev–Trinajstić information content (AvgIpc) is 3.33. The van der Waals surface area contributed by atoms with Crippen molar-refractivity contribution in [1.29, 1.82) is 0 Å². The lowest BCUT2D eigenvalue weighted by molar-refractivity contribution is -0.137. The lowest BCUT2D eigenvalue weighted by Gasteiger charge is -2.41. The molecule has 3 aromatic rings. The van der Waals surface area contributed by atoms with Gasteiger partial charge in [-0.05, 0) is 63.0 Å². The Morgan fingerprint density at radius 3 is 2.57 bits per heavy atom. The van der Waals surface area contributed by atoms with Crippen LogP contribution in [0.25, 0.3) is 0 Å². The topological polar surface area (TPSA) is 75.4 Å². The van der Waals surface area contributed by atoms with Crippen molar-refractivity contribution < 1.29 is 30.5 Å². The first-order valence-corrected chi connectivity index (χ1v) is 13.6. The summed E-state index contributed by atoms with van der Waals surface area (Å²) in [6.07, 6.45) is -1.40. The van der Waals surface area contributed by atoms with Gasteiger partial charge in [0.2, 0.25) is 0 Å². The van der Waals surface area contributed by atoms with Crippen molar-refractivity contribution in [3.63, 3.8) is 0 Å². The Kier molecular flexibility index (Phi) is 7.87. The lowest BCUT2D eigenvalue weighted by atomic mass is 9.78. The first-order chi connectivity index (χ1) is 17.3. The van der Waals surface area contributed by atoms with Crippen molar-refractivity contribution in [1.82, 2.24) is 10.1 Å². The molecule has 0 radical (unpaired) electrons. The number of anilines is 1. The molecule has 3 atom stereocenters. The molecule has 200 valence electrons. The molecule has 12 heteroatoms. The summed E-state index contributed by atoms with van der Waals surface area (Å²) in [5.41, 5.74) is 0.344. The molecule has 1 aliphatic rings. The molecule has 37 heavy (non-hydrogen) atoms. The maximum Gasteiger partial charge on any atom is 0.416 e. The molecule has 1 saturated carbocycles. The fraction of sp³-hybridized carbons (Fsp3) is 0.400. The zero-order valence-electron chi connectivity index (χ0n) is 20.1. The van der Waals surface area contributed by atoms with Crippen molar-refractivity contribution >= 4 is 27.1 Å². The number of hydrogen-bond acceptors (Lipinski definition) is 6. The van der Waals surface area contributed by atoms with Crippen LogP contribution in [-0.2, 0) is 21.8 Å². The molecule has 0 bridgehead atoms. The van der Waals surface area contributed by atoms with Crippen LogP contribution in [0.2, 0.25) is 5.02 Å². The molecule has 6 nitrogen and oxygen atoms in total. The summed E-state index contributed by atoms with van der Waals surface area (Å²) in [7, 11) is -0.319. The molecule has 0 amide bonds. The third-order valence-corrected chi connectivity index (χ3v) is 8.66. The van der Waals surface area contributed by atoms with Crippen LogP contribution in [0.4, 0.5) is 23.2 Å². The van der Waals surface area contributed by atoms with Gasteiger partial charge in [-0.1, -0.05) is 35.0 Å². The third-order valence-electron chi connectivity index (χ3n) is 6.69. The Balaban J connectivity index is 1.52. The second kappa shape index (κ2) is 10.6. The molecule has 4 rings (SSSR count). The minimum atomic E-state index is -4.41. The van der Waals surface area contributed by atoms with E-state index in [1.54, 1.807) is 6.07 Å². The number of nitrogens with one attached hydrogen (secondary N) is 1. The van der Waals surface area contributed by atoms with Crippen LogP contribution in [0.1, 0.15) is 42.0 Å². The Hall–Kier alpha value is -2.63. The van der Waals surface area contributed by atoms with E-state index in [0.29, 0.717) is 24.8 Å². The second-order valence-electron chi connectivity index (χ2n) is 9.43. The van der Waals surface area contributed by atoms with Gasteiger partial charge in [-0.25, -0.2) is 12.8 Å². The Labute approximate surface area is 217 Å². The number of rotatable bonds is 7.